The summed E-state index contributed by atoms with van der Waals surface area (Å²) in [6.45, 7) is 12.6. The number of carbonyl (C=O) groups is 4. The lowest BCUT2D eigenvalue weighted by Gasteiger charge is -2.63. The standard InChI is InChI=1S/C55H60O10/c1-32(2)7-6-8-33(3)46-23-24-47-43-20-13-36-31-55(28-27-53(36,4)48(43)25-26-54(46,47)5,34-9-14-37(15-10-34)62-64-39-18-21-41-44(29-39)51(58)60-49(41)56)35-11-16-38(17-12-35)63-65-40-19-22-42-45(30-40)52(59)61-50(42)57/h9-12,14-19,21-22,29-30,32-33,36,43,46-48H,6-8,13,20,23-28,31H2,1-5H3. The minimum Gasteiger partial charge on any atom is -0.386 e. The zero-order chi connectivity index (χ0) is 45.3. The summed E-state index contributed by atoms with van der Waals surface area (Å²) in [7, 11) is 0. The van der Waals surface area contributed by atoms with Gasteiger partial charge in [0.25, 0.3) is 0 Å². The summed E-state index contributed by atoms with van der Waals surface area (Å²) in [5.41, 5.74) is 3.58. The van der Waals surface area contributed by atoms with Crippen LogP contribution in [0.15, 0.2) is 84.9 Å². The lowest BCUT2D eigenvalue weighted by molar-refractivity contribution is -0.122. The molecule has 0 spiro atoms. The van der Waals surface area contributed by atoms with E-state index in [1.54, 1.807) is 12.1 Å². The fourth-order valence-corrected chi connectivity index (χ4v) is 14.1. The zero-order valence-electron chi connectivity index (χ0n) is 38.2. The van der Waals surface area contributed by atoms with Crippen LogP contribution in [0.2, 0.25) is 0 Å². The van der Waals surface area contributed by atoms with E-state index in [2.05, 4.69) is 58.9 Å². The number of fused-ring (bicyclic) bond motifs is 7. The van der Waals surface area contributed by atoms with E-state index in [1.807, 2.05) is 24.3 Å². The molecule has 10 heteroatoms. The first-order valence-corrected chi connectivity index (χ1v) is 24.0. The normalized spacial score (nSPS) is 28.9. The first-order chi connectivity index (χ1) is 31.3. The van der Waals surface area contributed by atoms with Gasteiger partial charge in [-0.1, -0.05) is 78.1 Å². The third kappa shape index (κ3) is 7.58. The van der Waals surface area contributed by atoms with Gasteiger partial charge in [-0.05, 0) is 170 Å². The van der Waals surface area contributed by atoms with E-state index in [1.165, 1.54) is 93.2 Å². The third-order valence-corrected chi connectivity index (χ3v) is 17.5. The molecule has 0 aromatic heterocycles. The van der Waals surface area contributed by atoms with E-state index in [-0.39, 0.29) is 44.6 Å². The maximum Gasteiger partial charge on any atom is 0.347 e. The van der Waals surface area contributed by atoms with Crippen LogP contribution in [0.25, 0.3) is 0 Å². The Bertz CT molecular complexity index is 2380. The van der Waals surface area contributed by atoms with Gasteiger partial charge in [0, 0.05) is 17.5 Å². The van der Waals surface area contributed by atoms with Crippen LogP contribution in [-0.2, 0) is 14.9 Å². The summed E-state index contributed by atoms with van der Waals surface area (Å²) in [4.78, 5) is 70.9. The molecule has 2 heterocycles. The quantitative estimate of drug-likeness (QED) is 0.0555. The molecular formula is C55H60O10. The lowest BCUT2D eigenvalue weighted by atomic mass is 9.42. The number of ether oxygens (including phenoxy) is 2. The van der Waals surface area contributed by atoms with Crippen LogP contribution in [0.1, 0.15) is 164 Å². The van der Waals surface area contributed by atoms with E-state index in [9.17, 15) is 19.2 Å². The molecule has 4 aromatic rings. The smallest absolute Gasteiger partial charge is 0.347 e. The molecule has 2 aliphatic heterocycles. The average Bonchev–Trinajstić information content (AvgIpc) is 3.91. The molecule has 340 valence electrons. The van der Waals surface area contributed by atoms with E-state index >= 15 is 0 Å². The number of hydrogen-bond acceptors (Lipinski definition) is 10. The number of esters is 4. The number of benzene rings is 4. The summed E-state index contributed by atoms with van der Waals surface area (Å²) in [6.07, 6.45) is 15.3. The molecular weight excluding hydrogens is 821 g/mol. The number of carbonyl (C=O) groups excluding carboxylic acids is 4. The molecule has 10 rings (SSSR count). The van der Waals surface area contributed by atoms with Gasteiger partial charge >= 0.3 is 23.9 Å². The predicted octanol–water partition coefficient (Wildman–Crippen LogP) is 12.5. The van der Waals surface area contributed by atoms with Crippen molar-refractivity contribution in [3.05, 3.63) is 118 Å². The molecule has 10 nitrogen and oxygen atoms in total. The Balaban J connectivity index is 0.886. The zero-order valence-corrected chi connectivity index (χ0v) is 38.2. The van der Waals surface area contributed by atoms with Crippen LogP contribution < -0.4 is 19.6 Å². The van der Waals surface area contributed by atoms with Crippen molar-refractivity contribution in [3.8, 4) is 23.0 Å². The second-order valence-corrected chi connectivity index (χ2v) is 21.1. The molecule has 0 N–H and O–H groups in total. The third-order valence-electron chi connectivity index (χ3n) is 17.5. The first kappa shape index (κ1) is 43.3. The van der Waals surface area contributed by atoms with Crippen molar-refractivity contribution in [1.29, 1.82) is 0 Å². The Labute approximate surface area is 381 Å². The Hall–Kier alpha value is -5.64. The van der Waals surface area contributed by atoms with Gasteiger partial charge < -0.3 is 9.47 Å². The average molecular weight is 881 g/mol. The molecule has 8 atom stereocenters. The van der Waals surface area contributed by atoms with Crippen LogP contribution in [0.3, 0.4) is 0 Å². The lowest BCUT2D eigenvalue weighted by Crippen LogP contribution is -2.55. The van der Waals surface area contributed by atoms with Crippen molar-refractivity contribution in [2.24, 2.45) is 52.3 Å². The van der Waals surface area contributed by atoms with E-state index in [4.69, 9.17) is 29.0 Å². The van der Waals surface area contributed by atoms with E-state index in [0.717, 1.165) is 54.8 Å². The number of rotatable bonds is 13. The molecule has 8 unspecified atom stereocenters. The highest BCUT2D eigenvalue weighted by Gasteiger charge is 2.62. The van der Waals surface area contributed by atoms with Gasteiger partial charge in [-0.2, -0.15) is 0 Å². The summed E-state index contributed by atoms with van der Waals surface area (Å²) in [5.74, 6) is 4.19. The van der Waals surface area contributed by atoms with Crippen molar-refractivity contribution < 1.29 is 48.2 Å². The second-order valence-electron chi connectivity index (χ2n) is 21.1. The highest BCUT2D eigenvalue weighted by Crippen LogP contribution is 2.70. The highest BCUT2D eigenvalue weighted by molar-refractivity contribution is 6.15. The molecule has 0 radical (unpaired) electrons. The molecule has 0 saturated heterocycles. The molecule has 4 aromatic carbocycles. The van der Waals surface area contributed by atoms with Crippen LogP contribution in [0, 0.1) is 52.3 Å². The Kier molecular flexibility index (Phi) is 11.1. The number of hydrogen-bond donors (Lipinski definition) is 0. The van der Waals surface area contributed by atoms with Crippen LogP contribution >= 0.6 is 0 Å². The SMILES string of the molecule is CC(C)CCCC(C)C1CCC2C3CCC4CC(c5ccc(OOc6ccc7c(c6)C(=O)OC7=O)cc5)(c5ccc(OOc6ccc7c(c6)C(=O)OC7=O)cc5)CCC4(C)C3CCC12C. The van der Waals surface area contributed by atoms with E-state index in [0.29, 0.717) is 22.8 Å². The predicted molar refractivity (Wildman–Crippen MR) is 242 cm³/mol. The molecule has 65 heavy (non-hydrogen) atoms. The largest absolute Gasteiger partial charge is 0.386 e. The number of cyclic esters (lactones) is 4. The minimum absolute atomic E-state index is 0.152. The maximum atomic E-state index is 12.1. The molecule has 6 aliphatic rings. The fraction of sp³-hybridized carbons (Fsp3) is 0.491. The van der Waals surface area contributed by atoms with Gasteiger partial charge in [-0.3, -0.25) is 19.6 Å². The molecule has 4 fully saturated rings. The van der Waals surface area contributed by atoms with Crippen LogP contribution in [-0.4, -0.2) is 23.9 Å². The van der Waals surface area contributed by atoms with Crippen LogP contribution in [0.4, 0.5) is 0 Å². The second kappa shape index (κ2) is 16.7. The van der Waals surface area contributed by atoms with Gasteiger partial charge in [0.05, 0.1) is 22.3 Å². The highest BCUT2D eigenvalue weighted by atomic mass is 17.2. The molecule has 0 bridgehead atoms. The fourth-order valence-electron chi connectivity index (χ4n) is 14.1. The summed E-state index contributed by atoms with van der Waals surface area (Å²) >= 11 is 0. The van der Waals surface area contributed by atoms with Crippen molar-refractivity contribution in [2.45, 2.75) is 117 Å². The summed E-state index contributed by atoms with van der Waals surface area (Å²) in [5, 5.41) is 0. The van der Waals surface area contributed by atoms with Crippen molar-refractivity contribution in [1.82, 2.24) is 0 Å². The molecule has 4 aliphatic carbocycles. The van der Waals surface area contributed by atoms with Crippen LogP contribution in [0.5, 0.6) is 23.0 Å². The van der Waals surface area contributed by atoms with Crippen molar-refractivity contribution in [3.63, 3.8) is 0 Å². The Morgan fingerprint density at radius 3 is 1.60 bits per heavy atom. The summed E-state index contributed by atoms with van der Waals surface area (Å²) < 4.78 is 9.45. The van der Waals surface area contributed by atoms with Gasteiger partial charge in [-0.25, -0.2) is 19.2 Å². The van der Waals surface area contributed by atoms with Gasteiger partial charge in [0.15, 0.2) is 23.0 Å². The summed E-state index contributed by atoms with van der Waals surface area (Å²) in [6, 6.07) is 25.4. The Morgan fingerprint density at radius 2 is 1.05 bits per heavy atom. The van der Waals surface area contributed by atoms with Gasteiger partial charge in [-0.15, -0.1) is 0 Å². The van der Waals surface area contributed by atoms with Gasteiger partial charge in [0.2, 0.25) is 0 Å². The minimum atomic E-state index is -0.702. The van der Waals surface area contributed by atoms with Crippen molar-refractivity contribution in [2.75, 3.05) is 0 Å². The Morgan fingerprint density at radius 1 is 0.538 bits per heavy atom. The first-order valence-electron chi connectivity index (χ1n) is 24.0. The molecule has 0 amide bonds. The van der Waals surface area contributed by atoms with E-state index < -0.39 is 23.9 Å². The maximum absolute atomic E-state index is 12.1. The molecule has 4 saturated carbocycles. The monoisotopic (exact) mass is 880 g/mol. The van der Waals surface area contributed by atoms with Crippen molar-refractivity contribution >= 4 is 23.9 Å². The topological polar surface area (TPSA) is 124 Å². The van der Waals surface area contributed by atoms with Gasteiger partial charge in [0.1, 0.15) is 0 Å².